The molecule has 0 bridgehead atoms. The Balaban J connectivity index is 1.57. The predicted octanol–water partition coefficient (Wildman–Crippen LogP) is 2.67. The van der Waals surface area contributed by atoms with Crippen LogP contribution in [0.3, 0.4) is 0 Å². The fourth-order valence-corrected chi connectivity index (χ4v) is 2.62. The van der Waals surface area contributed by atoms with Crippen LogP contribution in [0.15, 0.2) is 53.4 Å². The monoisotopic (exact) mass is 322 g/mol. The Morgan fingerprint density at radius 3 is 3.08 bits per heavy atom. The van der Waals surface area contributed by atoms with Crippen LogP contribution in [0.4, 0.5) is 5.82 Å². The lowest BCUT2D eigenvalue weighted by atomic mass is 10.1. The van der Waals surface area contributed by atoms with Crippen molar-refractivity contribution in [1.29, 1.82) is 0 Å². The number of amides is 1. The minimum atomic E-state index is -0.156. The molecule has 0 aliphatic heterocycles. The highest BCUT2D eigenvalue weighted by Gasteiger charge is 2.13. The Morgan fingerprint density at radius 1 is 1.29 bits per heavy atom. The van der Waals surface area contributed by atoms with Gasteiger partial charge in [0, 0.05) is 29.3 Å². The summed E-state index contributed by atoms with van der Waals surface area (Å²) in [6.07, 6.45) is 5.06. The SMILES string of the molecule is COc1ccc2c(CC(=O)Nc3ccnc4ccnn34)coc2c1. The van der Waals surface area contributed by atoms with Crippen LogP contribution in [0, 0.1) is 0 Å². The van der Waals surface area contributed by atoms with Crippen molar-refractivity contribution in [2.24, 2.45) is 0 Å². The first-order valence-corrected chi connectivity index (χ1v) is 7.37. The predicted molar refractivity (Wildman–Crippen MR) is 88.1 cm³/mol. The van der Waals surface area contributed by atoms with E-state index >= 15 is 0 Å². The molecule has 3 aromatic heterocycles. The molecule has 0 saturated carbocycles. The lowest BCUT2D eigenvalue weighted by Crippen LogP contribution is -2.16. The van der Waals surface area contributed by atoms with Crippen molar-refractivity contribution in [2.45, 2.75) is 6.42 Å². The van der Waals surface area contributed by atoms with E-state index in [1.807, 2.05) is 12.1 Å². The van der Waals surface area contributed by atoms with Crippen LogP contribution < -0.4 is 10.1 Å². The molecule has 0 spiro atoms. The number of methoxy groups -OCH3 is 1. The Kier molecular flexibility index (Phi) is 3.38. The third kappa shape index (κ3) is 2.45. The molecule has 4 aromatic rings. The average molecular weight is 322 g/mol. The molecule has 0 fully saturated rings. The van der Waals surface area contributed by atoms with Crippen molar-refractivity contribution in [3.63, 3.8) is 0 Å². The van der Waals surface area contributed by atoms with Crippen LogP contribution in [0.1, 0.15) is 5.56 Å². The van der Waals surface area contributed by atoms with E-state index in [0.717, 1.165) is 10.9 Å². The lowest BCUT2D eigenvalue weighted by Gasteiger charge is -2.06. The maximum Gasteiger partial charge on any atom is 0.230 e. The molecule has 0 aliphatic rings. The molecular formula is C17H14N4O3. The van der Waals surface area contributed by atoms with Crippen LogP contribution in [0.5, 0.6) is 5.75 Å². The van der Waals surface area contributed by atoms with Crippen LogP contribution in [-0.4, -0.2) is 27.6 Å². The van der Waals surface area contributed by atoms with Gasteiger partial charge in [0.15, 0.2) is 5.65 Å². The topological polar surface area (TPSA) is 81.7 Å². The summed E-state index contributed by atoms with van der Waals surface area (Å²) in [5, 5.41) is 7.89. The molecule has 24 heavy (non-hydrogen) atoms. The number of hydrogen-bond acceptors (Lipinski definition) is 5. The summed E-state index contributed by atoms with van der Waals surface area (Å²) in [6.45, 7) is 0. The van der Waals surface area contributed by atoms with Gasteiger partial charge in [0.05, 0.1) is 26.0 Å². The number of carbonyl (C=O) groups excluding carboxylic acids is 1. The van der Waals surface area contributed by atoms with Crippen molar-refractivity contribution in [3.05, 3.63) is 54.6 Å². The average Bonchev–Trinajstić information content (AvgIpc) is 3.22. The summed E-state index contributed by atoms with van der Waals surface area (Å²) in [5.74, 6) is 1.13. The van der Waals surface area contributed by atoms with Gasteiger partial charge in [-0.25, -0.2) is 4.98 Å². The molecular weight excluding hydrogens is 308 g/mol. The van der Waals surface area contributed by atoms with Gasteiger partial charge in [0.1, 0.15) is 17.2 Å². The van der Waals surface area contributed by atoms with Crippen LogP contribution in [0.2, 0.25) is 0 Å². The maximum absolute atomic E-state index is 12.4. The highest BCUT2D eigenvalue weighted by Crippen LogP contribution is 2.26. The molecule has 0 atom stereocenters. The molecule has 7 nitrogen and oxygen atoms in total. The molecule has 1 N–H and O–H groups in total. The summed E-state index contributed by atoms with van der Waals surface area (Å²) in [5.41, 5.74) is 2.18. The molecule has 0 unspecified atom stereocenters. The molecule has 1 aromatic carbocycles. The van der Waals surface area contributed by atoms with Crippen LogP contribution in [-0.2, 0) is 11.2 Å². The van der Waals surface area contributed by atoms with Gasteiger partial charge < -0.3 is 14.5 Å². The summed E-state index contributed by atoms with van der Waals surface area (Å²) in [7, 11) is 1.60. The number of aromatic nitrogens is 3. The Bertz CT molecular complexity index is 1030. The number of hydrogen-bond donors (Lipinski definition) is 1. The van der Waals surface area contributed by atoms with Crippen LogP contribution in [0.25, 0.3) is 16.6 Å². The Hall–Kier alpha value is -3.35. The Labute approximate surface area is 136 Å². The standard InChI is InChI=1S/C17H14N4O3/c1-23-12-2-3-13-11(10-24-14(13)9-12)8-17(22)20-16-4-6-18-15-5-7-19-21(15)16/h2-7,9-10H,8H2,1H3,(H,20,22). The van der Waals surface area contributed by atoms with Crippen molar-refractivity contribution in [1.82, 2.24) is 14.6 Å². The zero-order valence-corrected chi connectivity index (χ0v) is 12.9. The van der Waals surface area contributed by atoms with Crippen molar-refractivity contribution < 1.29 is 13.9 Å². The van der Waals surface area contributed by atoms with Gasteiger partial charge in [-0.1, -0.05) is 0 Å². The van der Waals surface area contributed by atoms with E-state index in [4.69, 9.17) is 9.15 Å². The second-order valence-electron chi connectivity index (χ2n) is 5.28. The highest BCUT2D eigenvalue weighted by molar-refractivity contribution is 5.95. The number of nitrogens with zero attached hydrogens (tertiary/aromatic N) is 3. The number of carbonyl (C=O) groups is 1. The smallest absolute Gasteiger partial charge is 0.230 e. The van der Waals surface area contributed by atoms with E-state index in [1.165, 1.54) is 0 Å². The zero-order chi connectivity index (χ0) is 16.5. The number of ether oxygens (including phenoxy) is 1. The minimum Gasteiger partial charge on any atom is -0.497 e. The number of anilines is 1. The van der Waals surface area contributed by atoms with E-state index in [2.05, 4.69) is 15.4 Å². The highest BCUT2D eigenvalue weighted by atomic mass is 16.5. The molecule has 0 saturated heterocycles. The summed E-state index contributed by atoms with van der Waals surface area (Å²) >= 11 is 0. The second kappa shape index (κ2) is 5.69. The summed E-state index contributed by atoms with van der Waals surface area (Å²) in [6, 6.07) is 9.00. The van der Waals surface area contributed by atoms with Gasteiger partial charge in [-0.3, -0.25) is 4.79 Å². The van der Waals surface area contributed by atoms with E-state index < -0.39 is 0 Å². The minimum absolute atomic E-state index is 0.156. The molecule has 0 radical (unpaired) electrons. The first kappa shape index (κ1) is 14.3. The molecule has 3 heterocycles. The normalized spacial score (nSPS) is 11.0. The van der Waals surface area contributed by atoms with Crippen molar-refractivity contribution in [2.75, 3.05) is 12.4 Å². The molecule has 7 heteroatoms. The Morgan fingerprint density at radius 2 is 2.21 bits per heavy atom. The van der Waals surface area contributed by atoms with Gasteiger partial charge in [-0.2, -0.15) is 9.61 Å². The molecule has 0 aliphatic carbocycles. The third-order valence-electron chi connectivity index (χ3n) is 3.77. The van der Waals surface area contributed by atoms with Gasteiger partial charge in [-0.05, 0) is 18.2 Å². The van der Waals surface area contributed by atoms with Crippen molar-refractivity contribution >= 4 is 28.3 Å². The number of nitrogens with one attached hydrogen (secondary N) is 1. The fraction of sp³-hybridized carbons (Fsp3) is 0.118. The maximum atomic E-state index is 12.4. The van der Waals surface area contributed by atoms with E-state index in [9.17, 15) is 4.79 Å². The molecule has 120 valence electrons. The van der Waals surface area contributed by atoms with E-state index in [-0.39, 0.29) is 12.3 Å². The van der Waals surface area contributed by atoms with Gasteiger partial charge in [0.2, 0.25) is 5.91 Å². The van der Waals surface area contributed by atoms with Crippen LogP contribution >= 0.6 is 0 Å². The third-order valence-corrected chi connectivity index (χ3v) is 3.77. The quantitative estimate of drug-likeness (QED) is 0.624. The van der Waals surface area contributed by atoms with Gasteiger partial charge >= 0.3 is 0 Å². The number of fused-ring (bicyclic) bond motifs is 2. The zero-order valence-electron chi connectivity index (χ0n) is 12.9. The summed E-state index contributed by atoms with van der Waals surface area (Å²) in [4.78, 5) is 16.5. The number of benzene rings is 1. The summed E-state index contributed by atoms with van der Waals surface area (Å²) < 4.78 is 12.3. The van der Waals surface area contributed by atoms with E-state index in [1.54, 1.807) is 48.5 Å². The first-order valence-electron chi connectivity index (χ1n) is 7.37. The number of rotatable bonds is 4. The first-order chi connectivity index (χ1) is 11.7. The van der Waals surface area contributed by atoms with Gasteiger partial charge in [-0.15, -0.1) is 0 Å². The van der Waals surface area contributed by atoms with Gasteiger partial charge in [0.25, 0.3) is 0 Å². The molecule has 1 amide bonds. The van der Waals surface area contributed by atoms with Crippen molar-refractivity contribution in [3.8, 4) is 5.75 Å². The molecule has 4 rings (SSSR count). The fourth-order valence-electron chi connectivity index (χ4n) is 2.62. The number of furan rings is 1. The second-order valence-corrected chi connectivity index (χ2v) is 5.28. The lowest BCUT2D eigenvalue weighted by molar-refractivity contribution is -0.115. The van der Waals surface area contributed by atoms with E-state index in [0.29, 0.717) is 22.8 Å². The largest absolute Gasteiger partial charge is 0.497 e.